The van der Waals surface area contributed by atoms with E-state index in [2.05, 4.69) is 0 Å². The van der Waals surface area contributed by atoms with Crippen LogP contribution in [-0.2, 0) is 19.2 Å². The van der Waals surface area contributed by atoms with Crippen LogP contribution in [0.4, 0.5) is 0 Å². The maximum absolute atomic E-state index is 12.0. The van der Waals surface area contributed by atoms with Gasteiger partial charge in [0.25, 0.3) is 0 Å². The van der Waals surface area contributed by atoms with Gasteiger partial charge in [0.15, 0.2) is 0 Å². The van der Waals surface area contributed by atoms with Crippen molar-refractivity contribution in [3.8, 4) is 0 Å². The third kappa shape index (κ3) is 14.5. The van der Waals surface area contributed by atoms with E-state index in [4.69, 9.17) is 17.2 Å². The number of hydrogen-bond donors (Lipinski definition) is 3. The summed E-state index contributed by atoms with van der Waals surface area (Å²) >= 11 is 0. The zero-order chi connectivity index (χ0) is 23.8. The van der Waals surface area contributed by atoms with Gasteiger partial charge in [-0.25, -0.2) is 0 Å². The minimum atomic E-state index is -0.441. The van der Waals surface area contributed by atoms with Crippen LogP contribution >= 0.6 is 0 Å². The molecule has 1 heterocycles. The molecule has 0 aromatic carbocycles. The second-order valence-electron chi connectivity index (χ2n) is 7.40. The lowest BCUT2D eigenvalue weighted by Gasteiger charge is -2.33. The Balaban J connectivity index is 0.00000436. The molecular weight excluding hydrogens is 402 g/mol. The number of amides is 3. The summed E-state index contributed by atoms with van der Waals surface area (Å²) in [5, 5.41) is 0. The standard InChI is InChI=1S/C18H35N7O4.C2H6/c1-2-15(26)11-22-3-5-23(12-16(19)27)7-9-25(14-18(21)29)10-8-24(6-4-22)13-17(20)28;1-2/h2-14H2,1H3,(H2,19,27)(H2,20,28)(H2,21,29);1-2H3. The van der Waals surface area contributed by atoms with Crippen LogP contribution in [-0.4, -0.2) is 122 Å². The number of nitrogens with zero attached hydrogens (tertiary/aromatic N) is 4. The first kappa shape index (κ1) is 28.9. The van der Waals surface area contributed by atoms with Gasteiger partial charge in [-0.1, -0.05) is 20.8 Å². The van der Waals surface area contributed by atoms with Crippen molar-refractivity contribution in [3.05, 3.63) is 0 Å². The Morgan fingerprint density at radius 3 is 0.968 bits per heavy atom. The average molecular weight is 444 g/mol. The molecule has 0 saturated carbocycles. The molecule has 1 fully saturated rings. The van der Waals surface area contributed by atoms with Gasteiger partial charge in [0.2, 0.25) is 17.7 Å². The summed E-state index contributed by atoms with van der Waals surface area (Å²) < 4.78 is 0. The Morgan fingerprint density at radius 1 is 0.548 bits per heavy atom. The first-order chi connectivity index (χ1) is 14.7. The molecule has 0 aromatic heterocycles. The lowest BCUT2D eigenvalue weighted by molar-refractivity contribution is -0.122. The number of Topliss-reactive ketones (excluding diaryl/α,β-unsaturated/α-hetero) is 1. The molecule has 0 unspecified atom stereocenters. The van der Waals surface area contributed by atoms with Crippen molar-refractivity contribution in [2.24, 2.45) is 17.2 Å². The Labute approximate surface area is 185 Å². The van der Waals surface area contributed by atoms with E-state index in [-0.39, 0.29) is 25.4 Å². The highest BCUT2D eigenvalue weighted by atomic mass is 16.2. The molecule has 0 bridgehead atoms. The molecule has 0 spiro atoms. The van der Waals surface area contributed by atoms with Crippen LogP contribution in [0, 0.1) is 0 Å². The summed E-state index contributed by atoms with van der Waals surface area (Å²) in [5.41, 5.74) is 16.1. The number of primary amides is 3. The van der Waals surface area contributed by atoms with Crippen molar-refractivity contribution >= 4 is 23.5 Å². The fourth-order valence-electron chi connectivity index (χ4n) is 3.23. The first-order valence-electron chi connectivity index (χ1n) is 11.0. The van der Waals surface area contributed by atoms with E-state index in [9.17, 15) is 19.2 Å². The Morgan fingerprint density at radius 2 is 0.774 bits per heavy atom. The molecule has 0 radical (unpaired) electrons. The fraction of sp³-hybridized carbons (Fsp3) is 0.800. The number of hydrogen-bond acceptors (Lipinski definition) is 8. The second-order valence-corrected chi connectivity index (χ2v) is 7.40. The molecule has 1 saturated heterocycles. The molecule has 3 amide bonds. The zero-order valence-electron chi connectivity index (χ0n) is 19.3. The smallest absolute Gasteiger partial charge is 0.231 e. The van der Waals surface area contributed by atoms with E-state index < -0.39 is 17.7 Å². The quantitative estimate of drug-likeness (QED) is 0.358. The van der Waals surface area contributed by atoms with Crippen LogP contribution in [0.2, 0.25) is 0 Å². The Kier molecular flexibility index (Phi) is 15.5. The number of carbonyl (C=O) groups is 4. The highest BCUT2D eigenvalue weighted by Gasteiger charge is 2.19. The van der Waals surface area contributed by atoms with Gasteiger partial charge in [-0.2, -0.15) is 0 Å². The lowest BCUT2D eigenvalue weighted by Crippen LogP contribution is -2.50. The van der Waals surface area contributed by atoms with Crippen molar-refractivity contribution < 1.29 is 19.2 Å². The molecule has 0 atom stereocenters. The minimum absolute atomic E-state index is 0.0892. The molecule has 6 N–H and O–H groups in total. The zero-order valence-corrected chi connectivity index (χ0v) is 19.3. The van der Waals surface area contributed by atoms with Crippen molar-refractivity contribution in [1.82, 2.24) is 19.6 Å². The van der Waals surface area contributed by atoms with Gasteiger partial charge in [0.05, 0.1) is 26.2 Å². The van der Waals surface area contributed by atoms with Gasteiger partial charge in [-0.05, 0) is 0 Å². The Bertz CT molecular complexity index is 542. The summed E-state index contributed by atoms with van der Waals surface area (Å²) in [6.07, 6.45) is 0.453. The molecule has 0 aliphatic carbocycles. The van der Waals surface area contributed by atoms with E-state index in [0.29, 0.717) is 65.3 Å². The van der Waals surface area contributed by atoms with E-state index in [1.165, 1.54) is 0 Å². The van der Waals surface area contributed by atoms with Crippen LogP contribution in [0.25, 0.3) is 0 Å². The number of ketones is 1. The maximum Gasteiger partial charge on any atom is 0.231 e. The third-order valence-corrected chi connectivity index (χ3v) is 4.86. The molecule has 11 nitrogen and oxygen atoms in total. The first-order valence-corrected chi connectivity index (χ1v) is 11.0. The predicted octanol–water partition coefficient (Wildman–Crippen LogP) is -2.33. The van der Waals surface area contributed by atoms with E-state index >= 15 is 0 Å². The number of rotatable bonds is 9. The highest BCUT2D eigenvalue weighted by Crippen LogP contribution is 2.01. The van der Waals surface area contributed by atoms with Crippen molar-refractivity contribution in [3.63, 3.8) is 0 Å². The largest absolute Gasteiger partial charge is 0.369 e. The van der Waals surface area contributed by atoms with Crippen LogP contribution in [0.15, 0.2) is 0 Å². The monoisotopic (exact) mass is 443 g/mol. The van der Waals surface area contributed by atoms with E-state index in [1.807, 2.05) is 40.4 Å². The molecule has 1 aliphatic heterocycles. The minimum Gasteiger partial charge on any atom is -0.369 e. The van der Waals surface area contributed by atoms with Crippen LogP contribution in [0.1, 0.15) is 27.2 Å². The van der Waals surface area contributed by atoms with Crippen LogP contribution in [0.3, 0.4) is 0 Å². The normalized spacial score (nSPS) is 18.2. The summed E-state index contributed by atoms with van der Waals surface area (Å²) in [4.78, 5) is 54.0. The molecule has 11 heteroatoms. The van der Waals surface area contributed by atoms with Crippen molar-refractivity contribution in [2.45, 2.75) is 27.2 Å². The molecule has 1 rings (SSSR count). The maximum atomic E-state index is 12.0. The highest BCUT2D eigenvalue weighted by molar-refractivity contribution is 5.80. The molecule has 180 valence electrons. The predicted molar refractivity (Wildman–Crippen MR) is 120 cm³/mol. The van der Waals surface area contributed by atoms with Crippen molar-refractivity contribution in [2.75, 3.05) is 78.5 Å². The summed E-state index contributed by atoms with van der Waals surface area (Å²) in [5.74, 6) is -1.17. The van der Waals surface area contributed by atoms with E-state index in [0.717, 1.165) is 0 Å². The van der Waals surface area contributed by atoms with Crippen LogP contribution < -0.4 is 17.2 Å². The third-order valence-electron chi connectivity index (χ3n) is 4.86. The topological polar surface area (TPSA) is 159 Å². The molecule has 1 aliphatic rings. The van der Waals surface area contributed by atoms with Gasteiger partial charge >= 0.3 is 0 Å². The summed E-state index contributed by atoms with van der Waals surface area (Å²) in [7, 11) is 0. The second kappa shape index (κ2) is 16.6. The SMILES string of the molecule is CC.CCC(=O)CN1CCN(CC(N)=O)CCN(CC(N)=O)CCN(CC(N)=O)CC1. The van der Waals surface area contributed by atoms with Gasteiger partial charge in [-0.15, -0.1) is 0 Å². The molecular formula is C20H41N7O4. The summed E-state index contributed by atoms with van der Waals surface area (Å²) in [6.45, 7) is 10.8. The average Bonchev–Trinajstić information content (AvgIpc) is 2.70. The fourth-order valence-corrected chi connectivity index (χ4v) is 3.23. The Hall–Kier alpha value is -2.08. The van der Waals surface area contributed by atoms with Gasteiger partial charge in [-0.3, -0.25) is 38.8 Å². The summed E-state index contributed by atoms with van der Waals surface area (Å²) in [6, 6.07) is 0. The van der Waals surface area contributed by atoms with Gasteiger partial charge < -0.3 is 17.2 Å². The van der Waals surface area contributed by atoms with Crippen molar-refractivity contribution in [1.29, 1.82) is 0 Å². The van der Waals surface area contributed by atoms with E-state index in [1.54, 1.807) is 0 Å². The number of carbonyl (C=O) groups excluding carboxylic acids is 4. The van der Waals surface area contributed by atoms with Crippen LogP contribution in [0.5, 0.6) is 0 Å². The molecule has 31 heavy (non-hydrogen) atoms. The molecule has 0 aromatic rings. The van der Waals surface area contributed by atoms with Gasteiger partial charge in [0, 0.05) is 58.8 Å². The number of nitrogens with two attached hydrogens (primary N) is 3. The van der Waals surface area contributed by atoms with Gasteiger partial charge in [0.1, 0.15) is 5.78 Å². The lowest BCUT2D eigenvalue weighted by atomic mass is 10.2.